The third-order valence-electron chi connectivity index (χ3n) is 3.70. The molecule has 0 bridgehead atoms. The van der Waals surface area contributed by atoms with Crippen molar-refractivity contribution in [3.63, 3.8) is 0 Å². The average Bonchev–Trinajstić information content (AvgIpc) is 3.06. The first-order valence-corrected chi connectivity index (χ1v) is 10.7. The van der Waals surface area contributed by atoms with Gasteiger partial charge in [-0.3, -0.25) is 15.6 Å². The van der Waals surface area contributed by atoms with Crippen molar-refractivity contribution in [1.82, 2.24) is 20.5 Å². The van der Waals surface area contributed by atoms with Gasteiger partial charge in [0.25, 0.3) is 10.0 Å². The van der Waals surface area contributed by atoms with Crippen molar-refractivity contribution in [1.29, 1.82) is 0 Å². The molecule has 0 aromatic carbocycles. The van der Waals surface area contributed by atoms with Gasteiger partial charge in [0, 0.05) is 24.5 Å². The molecule has 1 aromatic rings. The summed E-state index contributed by atoms with van der Waals surface area (Å²) >= 11 is 6.32. The first-order chi connectivity index (χ1) is 11.6. The van der Waals surface area contributed by atoms with E-state index in [-0.39, 0.29) is 17.4 Å². The Morgan fingerprint density at radius 1 is 1.28 bits per heavy atom. The monoisotopic (exact) mass is 404 g/mol. The van der Waals surface area contributed by atoms with Gasteiger partial charge in [0.2, 0.25) is 5.91 Å². The van der Waals surface area contributed by atoms with Crippen molar-refractivity contribution in [2.75, 3.05) is 13.1 Å². The lowest BCUT2D eigenvalue weighted by Crippen LogP contribution is -2.54. The standard InChI is InChI=1S/C15H24N4O3S3/c1-15(2,3)16-14(23)18-17-13(20)11-6-8-19(9-7-11)25(21,22)12-5-4-10-24-12/h4-5,10-11H,6-9H2,1-3H3,(H,17,20)(H2,16,18,23). The lowest BCUT2D eigenvalue weighted by atomic mass is 9.98. The Hall–Kier alpha value is -1.23. The van der Waals surface area contributed by atoms with E-state index in [4.69, 9.17) is 12.2 Å². The average molecular weight is 405 g/mol. The van der Waals surface area contributed by atoms with E-state index in [1.165, 1.54) is 15.6 Å². The highest BCUT2D eigenvalue weighted by Crippen LogP contribution is 2.26. The quantitative estimate of drug-likeness (QED) is 0.522. The molecule has 0 radical (unpaired) electrons. The van der Waals surface area contributed by atoms with E-state index in [1.807, 2.05) is 20.8 Å². The molecular weight excluding hydrogens is 380 g/mol. The van der Waals surface area contributed by atoms with Crippen molar-refractivity contribution in [2.24, 2.45) is 5.92 Å². The Bertz CT molecular complexity index is 703. The largest absolute Gasteiger partial charge is 0.357 e. The predicted octanol–water partition coefficient (Wildman–Crippen LogP) is 1.44. The number of rotatable bonds is 3. The third-order valence-corrected chi connectivity index (χ3v) is 7.18. The summed E-state index contributed by atoms with van der Waals surface area (Å²) in [5.74, 6) is -0.411. The maximum absolute atomic E-state index is 12.5. The molecule has 0 saturated carbocycles. The predicted molar refractivity (Wildman–Crippen MR) is 103 cm³/mol. The number of thiocarbonyl (C=S) groups is 1. The van der Waals surface area contributed by atoms with Gasteiger partial charge in [-0.25, -0.2) is 8.42 Å². The maximum Gasteiger partial charge on any atom is 0.252 e. The molecule has 7 nitrogen and oxygen atoms in total. The molecule has 1 aromatic heterocycles. The van der Waals surface area contributed by atoms with E-state index in [2.05, 4.69) is 16.2 Å². The van der Waals surface area contributed by atoms with Gasteiger partial charge in [-0.05, 0) is 57.3 Å². The highest BCUT2D eigenvalue weighted by atomic mass is 32.2. The van der Waals surface area contributed by atoms with Crippen LogP contribution < -0.4 is 16.2 Å². The second-order valence-electron chi connectivity index (χ2n) is 6.93. The molecule has 0 aliphatic carbocycles. The van der Waals surface area contributed by atoms with Gasteiger partial charge in [0.1, 0.15) is 4.21 Å². The second-order valence-corrected chi connectivity index (χ2v) is 10.4. The molecule has 2 rings (SSSR count). The molecule has 1 amide bonds. The van der Waals surface area contributed by atoms with Crippen LogP contribution in [0.25, 0.3) is 0 Å². The van der Waals surface area contributed by atoms with Crippen LogP contribution in [0.5, 0.6) is 0 Å². The number of nitrogens with one attached hydrogen (secondary N) is 3. The van der Waals surface area contributed by atoms with Crippen LogP contribution in [0, 0.1) is 5.92 Å². The molecule has 1 saturated heterocycles. The van der Waals surface area contributed by atoms with Gasteiger partial charge in [0.15, 0.2) is 5.11 Å². The number of thiophene rings is 1. The summed E-state index contributed by atoms with van der Waals surface area (Å²) in [4.78, 5) is 12.2. The Labute approximate surface area is 158 Å². The topological polar surface area (TPSA) is 90.5 Å². The highest BCUT2D eigenvalue weighted by molar-refractivity contribution is 7.91. The lowest BCUT2D eigenvalue weighted by Gasteiger charge is -2.30. The van der Waals surface area contributed by atoms with Crippen LogP contribution in [0.15, 0.2) is 21.7 Å². The van der Waals surface area contributed by atoms with Crippen LogP contribution in [-0.2, 0) is 14.8 Å². The van der Waals surface area contributed by atoms with Crippen molar-refractivity contribution in [3.05, 3.63) is 17.5 Å². The minimum Gasteiger partial charge on any atom is -0.357 e. The molecular formula is C15H24N4O3S3. The fraction of sp³-hybridized carbons (Fsp3) is 0.600. The molecule has 1 aliphatic rings. The van der Waals surface area contributed by atoms with Gasteiger partial charge in [-0.1, -0.05) is 6.07 Å². The number of carbonyl (C=O) groups excluding carboxylic acids is 1. The highest BCUT2D eigenvalue weighted by Gasteiger charge is 2.32. The minimum atomic E-state index is -3.44. The molecule has 1 fully saturated rings. The number of nitrogens with zero attached hydrogens (tertiary/aromatic N) is 1. The Morgan fingerprint density at radius 2 is 1.92 bits per heavy atom. The molecule has 140 valence electrons. The van der Waals surface area contributed by atoms with Crippen LogP contribution in [0.2, 0.25) is 0 Å². The number of hydrogen-bond donors (Lipinski definition) is 3. The minimum absolute atomic E-state index is 0.175. The van der Waals surface area contributed by atoms with Crippen LogP contribution in [0.1, 0.15) is 33.6 Å². The zero-order valence-electron chi connectivity index (χ0n) is 14.5. The van der Waals surface area contributed by atoms with Crippen LogP contribution in [0.4, 0.5) is 0 Å². The maximum atomic E-state index is 12.5. The SMILES string of the molecule is CC(C)(C)NC(=S)NNC(=O)C1CCN(S(=O)(=O)c2cccs2)CC1. The molecule has 0 atom stereocenters. The summed E-state index contributed by atoms with van der Waals surface area (Å²) in [7, 11) is -3.44. The number of hydrazine groups is 1. The molecule has 0 unspecified atom stereocenters. The van der Waals surface area contributed by atoms with Crippen LogP contribution in [-0.4, -0.2) is 42.4 Å². The fourth-order valence-electron chi connectivity index (χ4n) is 2.49. The lowest BCUT2D eigenvalue weighted by molar-refractivity contribution is -0.126. The Kier molecular flexibility index (Phi) is 6.41. The number of amides is 1. The summed E-state index contributed by atoms with van der Waals surface area (Å²) in [5, 5.41) is 5.13. The molecule has 1 aliphatic heterocycles. The molecule has 2 heterocycles. The van der Waals surface area contributed by atoms with Gasteiger partial charge >= 0.3 is 0 Å². The van der Waals surface area contributed by atoms with E-state index >= 15 is 0 Å². The number of sulfonamides is 1. The van der Waals surface area contributed by atoms with Gasteiger partial charge in [-0.2, -0.15) is 4.31 Å². The van der Waals surface area contributed by atoms with Crippen molar-refractivity contribution >= 4 is 44.6 Å². The summed E-state index contributed by atoms with van der Waals surface area (Å²) in [5.41, 5.74) is 5.09. The Balaban J connectivity index is 1.82. The summed E-state index contributed by atoms with van der Waals surface area (Å²) in [6, 6.07) is 3.32. The smallest absolute Gasteiger partial charge is 0.252 e. The van der Waals surface area contributed by atoms with E-state index in [9.17, 15) is 13.2 Å². The van der Waals surface area contributed by atoms with Gasteiger partial charge < -0.3 is 5.32 Å². The molecule has 25 heavy (non-hydrogen) atoms. The summed E-state index contributed by atoms with van der Waals surface area (Å²) in [6.45, 7) is 6.57. The summed E-state index contributed by atoms with van der Waals surface area (Å²) in [6.07, 6.45) is 0.967. The molecule has 3 N–H and O–H groups in total. The number of hydrogen-bond acceptors (Lipinski definition) is 5. The van der Waals surface area contributed by atoms with Crippen LogP contribution in [0.3, 0.4) is 0 Å². The number of carbonyl (C=O) groups is 1. The van der Waals surface area contributed by atoms with Gasteiger partial charge in [0.05, 0.1) is 0 Å². The van der Waals surface area contributed by atoms with Crippen LogP contribution >= 0.6 is 23.6 Å². The van der Waals surface area contributed by atoms with Crippen molar-refractivity contribution in [2.45, 2.75) is 43.4 Å². The number of piperidine rings is 1. The van der Waals surface area contributed by atoms with E-state index in [1.54, 1.807) is 17.5 Å². The van der Waals surface area contributed by atoms with Crippen molar-refractivity contribution in [3.8, 4) is 0 Å². The first kappa shape index (κ1) is 20.1. The second kappa shape index (κ2) is 7.98. The summed E-state index contributed by atoms with van der Waals surface area (Å²) < 4.78 is 26.7. The van der Waals surface area contributed by atoms with Crippen molar-refractivity contribution < 1.29 is 13.2 Å². The molecule has 10 heteroatoms. The first-order valence-electron chi connectivity index (χ1n) is 8.01. The Morgan fingerprint density at radius 3 is 2.44 bits per heavy atom. The normalized spacial score (nSPS) is 17.1. The third kappa shape index (κ3) is 5.63. The van der Waals surface area contributed by atoms with E-state index in [0.717, 1.165) is 0 Å². The van der Waals surface area contributed by atoms with E-state index < -0.39 is 10.0 Å². The van der Waals surface area contributed by atoms with E-state index in [0.29, 0.717) is 35.3 Å². The fourth-order valence-corrected chi connectivity index (χ4v) is 5.46. The van der Waals surface area contributed by atoms with Gasteiger partial charge in [-0.15, -0.1) is 11.3 Å². The molecule has 0 spiro atoms. The zero-order valence-corrected chi connectivity index (χ0v) is 17.0. The zero-order chi connectivity index (χ0) is 18.7.